The molecule has 1 fully saturated rings. The van der Waals surface area contributed by atoms with Crippen molar-refractivity contribution < 1.29 is 29.0 Å². The van der Waals surface area contributed by atoms with Crippen LogP contribution in [0.4, 0.5) is 25.2 Å². The summed E-state index contributed by atoms with van der Waals surface area (Å²) in [6.45, 7) is 0. The van der Waals surface area contributed by atoms with Crippen LogP contribution >= 0.6 is 33.4 Å². The van der Waals surface area contributed by atoms with Gasteiger partial charge in [-0.1, -0.05) is 42.6 Å². The Morgan fingerprint density at radius 3 is 2.37 bits per heavy atom. The molecule has 1 aliphatic carbocycles. The van der Waals surface area contributed by atoms with E-state index < -0.39 is 42.2 Å². The average Bonchev–Trinajstić information content (AvgIpc) is 3.22. The van der Waals surface area contributed by atoms with Gasteiger partial charge in [-0.05, 0) is 25.0 Å². The van der Waals surface area contributed by atoms with Crippen molar-refractivity contribution in [2.75, 3.05) is 7.11 Å². The van der Waals surface area contributed by atoms with Crippen molar-refractivity contribution in [2.24, 2.45) is 4.99 Å². The molecule has 4 rings (SSSR count). The molecule has 0 bridgehead atoms. The number of aliphatic imine (C=N–C) groups is 1. The number of esters is 1. The molecular formula is C18H12Cl2F5N7O2S. The van der Waals surface area contributed by atoms with E-state index in [-0.39, 0.29) is 47.9 Å². The number of nitrogens with zero attached hydrogens (tertiary/aromatic N) is 6. The van der Waals surface area contributed by atoms with Crippen LogP contribution in [0.2, 0.25) is 10.0 Å². The second-order valence-corrected chi connectivity index (χ2v) is 10.7. The number of H-pyrrole nitrogens is 1. The summed E-state index contributed by atoms with van der Waals surface area (Å²) >= 11 is 12.0. The van der Waals surface area contributed by atoms with Gasteiger partial charge in [0.25, 0.3) is 0 Å². The Hall–Kier alpha value is -3.22. The minimum Gasteiger partial charge on any atom is -0.468 e. The van der Waals surface area contributed by atoms with Crippen molar-refractivity contribution >= 4 is 51.4 Å². The third kappa shape index (κ3) is 4.44. The Balaban J connectivity index is 2.01. The largest absolute Gasteiger partial charge is 0.468 e. The lowest BCUT2D eigenvalue weighted by Crippen LogP contribution is -2.22. The van der Waals surface area contributed by atoms with E-state index in [1.807, 2.05) is 0 Å². The van der Waals surface area contributed by atoms with Crippen LogP contribution in [-0.4, -0.2) is 44.3 Å². The molecule has 1 aliphatic rings. The molecule has 0 atom stereocenters. The minimum absolute atomic E-state index is 0.00605. The number of aromatic amines is 1. The summed E-state index contributed by atoms with van der Waals surface area (Å²) in [5.41, 5.74) is -2.09. The first kappa shape index (κ1) is 24.9. The molecule has 17 heteroatoms. The zero-order valence-corrected chi connectivity index (χ0v) is 19.6. The number of ether oxygens (including phenoxy) is 1. The van der Waals surface area contributed by atoms with Crippen LogP contribution in [0.5, 0.6) is 0 Å². The van der Waals surface area contributed by atoms with E-state index in [1.54, 1.807) is 6.07 Å². The highest BCUT2D eigenvalue weighted by atomic mass is 35.5. The second-order valence-electron chi connectivity index (χ2n) is 7.48. The van der Waals surface area contributed by atoms with E-state index in [9.17, 15) is 29.5 Å². The van der Waals surface area contributed by atoms with Gasteiger partial charge in [-0.15, -0.1) is 0 Å². The van der Waals surface area contributed by atoms with Crippen molar-refractivity contribution in [3.05, 3.63) is 45.6 Å². The molecule has 1 aromatic carbocycles. The third-order valence-electron chi connectivity index (χ3n) is 5.16. The summed E-state index contributed by atoms with van der Waals surface area (Å²) in [5.74, 6) is -0.776. The Bertz CT molecular complexity index is 1410. The van der Waals surface area contributed by atoms with Gasteiger partial charge in [0.15, 0.2) is 17.3 Å². The van der Waals surface area contributed by atoms with E-state index in [0.717, 1.165) is 18.0 Å². The fourth-order valence-corrected chi connectivity index (χ4v) is 4.90. The van der Waals surface area contributed by atoms with Crippen molar-refractivity contribution in [2.45, 2.75) is 23.2 Å². The molecule has 0 aliphatic heterocycles. The van der Waals surface area contributed by atoms with Crippen LogP contribution in [0.15, 0.2) is 28.3 Å². The number of methoxy groups -OCH3 is 1. The maximum absolute atomic E-state index is 13.3. The minimum atomic E-state index is -10.1. The van der Waals surface area contributed by atoms with Crippen LogP contribution < -0.4 is 0 Å². The molecule has 0 radical (unpaired) electrons. The number of hydrogen-bond donors (Lipinski definition) is 1. The fraction of sp³-hybridized carbons (Fsp3) is 0.222. The monoisotopic (exact) mass is 555 g/mol. The van der Waals surface area contributed by atoms with Crippen LogP contribution in [-0.2, 0) is 14.9 Å². The summed E-state index contributed by atoms with van der Waals surface area (Å²) < 4.78 is 72.4. The van der Waals surface area contributed by atoms with E-state index >= 15 is 0 Å². The van der Waals surface area contributed by atoms with Gasteiger partial charge in [-0.2, -0.15) is 15.5 Å². The first-order chi connectivity index (χ1) is 16.1. The Morgan fingerprint density at radius 1 is 1.29 bits per heavy atom. The van der Waals surface area contributed by atoms with Crippen LogP contribution in [0.25, 0.3) is 5.69 Å². The van der Waals surface area contributed by atoms with Gasteiger partial charge in [0, 0.05) is 0 Å². The second kappa shape index (κ2) is 7.39. The predicted molar refractivity (Wildman–Crippen MR) is 116 cm³/mol. The van der Waals surface area contributed by atoms with E-state index in [2.05, 4.69) is 25.3 Å². The molecule has 186 valence electrons. The standard InChI is InChI=1S/C18H12Cl2F5N7O2S/c1-34-17(33)18(2-3-18)14-12(6-26)31-32(16(14)27-7-13-28-8-29-30-13)15-10(19)4-9(5-11(15)20)35(21,22,23,24)25/h4-5,7-8H,2-3H2,1H3,(H,28,29,30)/b27-7+. The molecule has 2 heterocycles. The molecular weight excluding hydrogens is 544 g/mol. The lowest BCUT2D eigenvalue weighted by molar-refractivity contribution is -0.143. The smallest absolute Gasteiger partial charge is 0.316 e. The van der Waals surface area contributed by atoms with Crippen LogP contribution in [0.3, 0.4) is 0 Å². The summed E-state index contributed by atoms with van der Waals surface area (Å²) in [6.07, 6.45) is 2.83. The molecule has 2 aromatic heterocycles. The molecule has 0 spiro atoms. The average molecular weight is 556 g/mol. The Labute approximate surface area is 203 Å². The number of rotatable bonds is 6. The zero-order chi connectivity index (χ0) is 25.9. The number of benzene rings is 1. The highest BCUT2D eigenvalue weighted by Crippen LogP contribution is 3.02. The molecule has 0 unspecified atom stereocenters. The number of hydrogen-bond acceptors (Lipinski definition) is 7. The van der Waals surface area contributed by atoms with Crippen molar-refractivity contribution in [3.63, 3.8) is 0 Å². The van der Waals surface area contributed by atoms with Gasteiger partial charge >= 0.3 is 16.2 Å². The summed E-state index contributed by atoms with van der Waals surface area (Å²) in [5, 5.41) is 18.2. The van der Waals surface area contributed by atoms with E-state index in [0.29, 0.717) is 0 Å². The van der Waals surface area contributed by atoms with Gasteiger partial charge < -0.3 is 4.74 Å². The highest BCUT2D eigenvalue weighted by molar-refractivity contribution is 8.45. The Kier molecular flexibility index (Phi) is 5.25. The number of carbonyl (C=O) groups excluding carboxylic acids is 1. The first-order valence-corrected chi connectivity index (χ1v) is 12.1. The molecule has 0 amide bonds. The quantitative estimate of drug-likeness (QED) is 0.233. The zero-order valence-electron chi connectivity index (χ0n) is 17.3. The maximum atomic E-state index is 13.3. The molecule has 35 heavy (non-hydrogen) atoms. The van der Waals surface area contributed by atoms with Crippen molar-refractivity contribution in [1.82, 2.24) is 25.0 Å². The summed E-state index contributed by atoms with van der Waals surface area (Å²) in [6, 6.07) is 1.82. The first-order valence-electron chi connectivity index (χ1n) is 9.36. The number of nitrogens with one attached hydrogen (secondary N) is 1. The van der Waals surface area contributed by atoms with Crippen molar-refractivity contribution in [3.8, 4) is 11.8 Å². The van der Waals surface area contributed by atoms with Gasteiger partial charge in [0.1, 0.15) is 23.0 Å². The van der Waals surface area contributed by atoms with Crippen molar-refractivity contribution in [1.29, 1.82) is 5.26 Å². The topological polar surface area (TPSA) is 122 Å². The third-order valence-corrected chi connectivity index (χ3v) is 6.86. The van der Waals surface area contributed by atoms with Crippen LogP contribution in [0.1, 0.15) is 29.9 Å². The Morgan fingerprint density at radius 2 is 1.91 bits per heavy atom. The fourth-order valence-electron chi connectivity index (χ4n) is 3.45. The van der Waals surface area contributed by atoms with Gasteiger partial charge in [-0.25, -0.2) is 14.7 Å². The van der Waals surface area contributed by atoms with Crippen LogP contribution in [0, 0.1) is 11.3 Å². The lowest BCUT2D eigenvalue weighted by atomic mass is 9.95. The molecule has 1 N–H and O–H groups in total. The predicted octanol–water partition coefficient (Wildman–Crippen LogP) is 5.78. The molecule has 0 saturated heterocycles. The number of nitriles is 1. The van der Waals surface area contributed by atoms with E-state index in [4.69, 9.17) is 27.9 Å². The van der Waals surface area contributed by atoms with E-state index in [1.165, 1.54) is 6.33 Å². The number of carbonyl (C=O) groups is 1. The van der Waals surface area contributed by atoms with Gasteiger partial charge in [0.05, 0.1) is 34.3 Å². The highest BCUT2D eigenvalue weighted by Gasteiger charge is 2.65. The lowest BCUT2D eigenvalue weighted by Gasteiger charge is -2.40. The number of halogens is 7. The number of aromatic nitrogens is 5. The summed E-state index contributed by atoms with van der Waals surface area (Å²) in [4.78, 5) is 18.3. The molecule has 1 saturated carbocycles. The normalized spacial score (nSPS) is 17.0. The molecule has 9 nitrogen and oxygen atoms in total. The SMILES string of the molecule is COC(=O)C1(c2c(C#N)nn(-c3c(Cl)cc(S(F)(F)(F)(F)F)cc3Cl)c2/N=C/c2ncn[nH]2)CC1. The maximum Gasteiger partial charge on any atom is 0.316 e. The molecule has 3 aromatic rings. The van der Waals surface area contributed by atoms with Gasteiger partial charge in [-0.3, -0.25) is 9.89 Å². The van der Waals surface area contributed by atoms with Gasteiger partial charge in [0.2, 0.25) is 0 Å². The summed E-state index contributed by atoms with van der Waals surface area (Å²) in [7, 11) is -8.98.